The fourth-order valence-electron chi connectivity index (χ4n) is 1.22. The van der Waals surface area contributed by atoms with Crippen molar-refractivity contribution in [2.24, 2.45) is 5.73 Å². The number of carbonyl (C=O) groups is 2. The molecular formula is C10H18ClNO6S. The van der Waals surface area contributed by atoms with Gasteiger partial charge in [0.05, 0.1) is 19.0 Å². The van der Waals surface area contributed by atoms with E-state index in [0.717, 1.165) is 0 Å². The minimum absolute atomic E-state index is 0.0565. The molecule has 0 amide bonds. The number of hydrogen-bond acceptors (Lipinski definition) is 7. The van der Waals surface area contributed by atoms with Crippen LogP contribution in [-0.2, 0) is 28.9 Å². The van der Waals surface area contributed by atoms with Gasteiger partial charge in [0.1, 0.15) is 0 Å². The van der Waals surface area contributed by atoms with Crippen molar-refractivity contribution >= 4 is 33.4 Å². The Morgan fingerprint density at radius 1 is 1.16 bits per heavy atom. The molecular weight excluding hydrogens is 298 g/mol. The molecule has 0 heterocycles. The highest BCUT2D eigenvalue weighted by atomic mass is 35.5. The summed E-state index contributed by atoms with van der Waals surface area (Å²) in [5.41, 5.74) is 5.50. The summed E-state index contributed by atoms with van der Waals surface area (Å²) in [6, 6.07) is 0. The molecule has 7 nitrogen and oxygen atoms in total. The predicted octanol–water partition coefficient (Wildman–Crippen LogP) is -0.189. The first-order chi connectivity index (χ1) is 8.77. The predicted molar refractivity (Wildman–Crippen MR) is 69.3 cm³/mol. The standard InChI is InChI=1S/C10H18ClNO6S/c1-3-17-8(13)10(12,9(14)18-4-2)19(15,16)7-5-6-11/h3-7,12H2,1-2H3. The van der Waals surface area contributed by atoms with Gasteiger partial charge in [-0.15, -0.1) is 11.6 Å². The minimum Gasteiger partial charge on any atom is -0.463 e. The van der Waals surface area contributed by atoms with Gasteiger partial charge in [0, 0.05) is 5.88 Å². The lowest BCUT2D eigenvalue weighted by Gasteiger charge is -2.24. The highest BCUT2D eigenvalue weighted by Crippen LogP contribution is 2.18. The van der Waals surface area contributed by atoms with Crippen molar-refractivity contribution in [3.8, 4) is 0 Å². The smallest absolute Gasteiger partial charge is 0.354 e. The highest BCUT2D eigenvalue weighted by Gasteiger charge is 2.56. The van der Waals surface area contributed by atoms with Gasteiger partial charge >= 0.3 is 16.8 Å². The van der Waals surface area contributed by atoms with Crippen LogP contribution in [0.5, 0.6) is 0 Å². The Hall–Kier alpha value is -0.860. The fourth-order valence-corrected chi connectivity index (χ4v) is 2.98. The monoisotopic (exact) mass is 315 g/mol. The quantitative estimate of drug-likeness (QED) is 0.375. The largest absolute Gasteiger partial charge is 0.463 e. The lowest BCUT2D eigenvalue weighted by molar-refractivity contribution is -0.158. The topological polar surface area (TPSA) is 113 Å². The number of alkyl halides is 1. The SMILES string of the molecule is CCOC(=O)C(N)(C(=O)OCC)S(=O)(=O)CCCCl. The molecule has 112 valence electrons. The Morgan fingerprint density at radius 3 is 1.89 bits per heavy atom. The van der Waals surface area contributed by atoms with E-state index in [0.29, 0.717) is 0 Å². The molecule has 0 spiro atoms. The van der Waals surface area contributed by atoms with Crippen LogP contribution < -0.4 is 5.73 Å². The maximum atomic E-state index is 12.1. The molecule has 0 fully saturated rings. The molecule has 0 unspecified atom stereocenters. The maximum Gasteiger partial charge on any atom is 0.354 e. The van der Waals surface area contributed by atoms with Gasteiger partial charge in [-0.3, -0.25) is 5.73 Å². The summed E-state index contributed by atoms with van der Waals surface area (Å²) < 4.78 is 33.2. The van der Waals surface area contributed by atoms with Crippen LogP contribution in [0.1, 0.15) is 20.3 Å². The summed E-state index contributed by atoms with van der Waals surface area (Å²) in [5.74, 6) is -3.14. The summed E-state index contributed by atoms with van der Waals surface area (Å²) in [7, 11) is -4.28. The van der Waals surface area contributed by atoms with Gasteiger partial charge in [-0.25, -0.2) is 18.0 Å². The molecule has 0 atom stereocenters. The van der Waals surface area contributed by atoms with Crippen molar-refractivity contribution in [3.05, 3.63) is 0 Å². The number of sulfone groups is 1. The fraction of sp³-hybridized carbons (Fsp3) is 0.800. The second-order valence-electron chi connectivity index (χ2n) is 3.54. The molecule has 0 aromatic heterocycles. The Balaban J connectivity index is 5.50. The van der Waals surface area contributed by atoms with Gasteiger partial charge in [-0.1, -0.05) is 0 Å². The van der Waals surface area contributed by atoms with Crippen LogP contribution in [0.3, 0.4) is 0 Å². The number of carbonyl (C=O) groups excluding carboxylic acids is 2. The molecule has 0 aromatic rings. The zero-order chi connectivity index (χ0) is 15.1. The third-order valence-corrected chi connectivity index (χ3v) is 4.60. The van der Waals surface area contributed by atoms with Crippen LogP contribution in [0, 0.1) is 0 Å². The second-order valence-corrected chi connectivity index (χ2v) is 6.20. The molecule has 0 radical (unpaired) electrons. The van der Waals surface area contributed by atoms with Crippen molar-refractivity contribution in [1.82, 2.24) is 0 Å². The van der Waals surface area contributed by atoms with Crippen LogP contribution >= 0.6 is 11.6 Å². The summed E-state index contributed by atoms with van der Waals surface area (Å²) in [6.45, 7) is 2.72. The molecule has 0 aromatic carbocycles. The molecule has 0 saturated carbocycles. The van der Waals surface area contributed by atoms with Gasteiger partial charge in [0.25, 0.3) is 0 Å². The van der Waals surface area contributed by atoms with Crippen LogP contribution in [0.4, 0.5) is 0 Å². The molecule has 0 rings (SSSR count). The number of esters is 2. The van der Waals surface area contributed by atoms with Crippen molar-refractivity contribution in [1.29, 1.82) is 0 Å². The average Bonchev–Trinajstić information content (AvgIpc) is 2.35. The molecule has 19 heavy (non-hydrogen) atoms. The van der Waals surface area contributed by atoms with Crippen LogP contribution in [0.25, 0.3) is 0 Å². The van der Waals surface area contributed by atoms with Gasteiger partial charge < -0.3 is 9.47 Å². The number of rotatable bonds is 8. The van der Waals surface area contributed by atoms with E-state index < -0.39 is 32.4 Å². The molecule has 0 bridgehead atoms. The van der Waals surface area contributed by atoms with Crippen LogP contribution in [0.15, 0.2) is 0 Å². The number of hydrogen-bond donors (Lipinski definition) is 1. The van der Waals surface area contributed by atoms with E-state index in [9.17, 15) is 18.0 Å². The highest BCUT2D eigenvalue weighted by molar-refractivity contribution is 7.94. The molecule has 0 aliphatic rings. The Labute approximate surface area is 117 Å². The van der Waals surface area contributed by atoms with Gasteiger partial charge in [0.15, 0.2) is 9.84 Å². The van der Waals surface area contributed by atoms with E-state index in [4.69, 9.17) is 17.3 Å². The Kier molecular flexibility index (Phi) is 7.32. The van der Waals surface area contributed by atoms with Gasteiger partial charge in [-0.05, 0) is 20.3 Å². The zero-order valence-corrected chi connectivity index (χ0v) is 12.4. The second kappa shape index (κ2) is 7.66. The van der Waals surface area contributed by atoms with Crippen molar-refractivity contribution < 1.29 is 27.5 Å². The van der Waals surface area contributed by atoms with Crippen LogP contribution in [0.2, 0.25) is 0 Å². The zero-order valence-electron chi connectivity index (χ0n) is 10.8. The first kappa shape index (κ1) is 18.1. The van der Waals surface area contributed by atoms with Crippen molar-refractivity contribution in [3.63, 3.8) is 0 Å². The molecule has 0 aliphatic carbocycles. The number of halogens is 1. The number of ether oxygens (including phenoxy) is 2. The summed E-state index contributed by atoms with van der Waals surface area (Å²) >= 11 is 5.40. The first-order valence-electron chi connectivity index (χ1n) is 5.69. The average molecular weight is 316 g/mol. The van der Waals surface area contributed by atoms with E-state index in [-0.39, 0.29) is 25.5 Å². The van der Waals surface area contributed by atoms with E-state index in [2.05, 4.69) is 9.47 Å². The number of nitrogens with two attached hydrogens (primary N) is 1. The third-order valence-electron chi connectivity index (χ3n) is 2.19. The lowest BCUT2D eigenvalue weighted by Crippen LogP contribution is -2.62. The Morgan fingerprint density at radius 2 is 1.58 bits per heavy atom. The van der Waals surface area contributed by atoms with E-state index in [1.54, 1.807) is 0 Å². The normalized spacial score (nSPS) is 12.0. The van der Waals surface area contributed by atoms with Crippen molar-refractivity contribution in [2.75, 3.05) is 24.8 Å². The summed E-state index contributed by atoms with van der Waals surface area (Å²) in [6.07, 6.45) is 0.0572. The maximum absolute atomic E-state index is 12.1. The molecule has 2 N–H and O–H groups in total. The van der Waals surface area contributed by atoms with E-state index in [1.165, 1.54) is 13.8 Å². The van der Waals surface area contributed by atoms with Gasteiger partial charge in [-0.2, -0.15) is 0 Å². The van der Waals surface area contributed by atoms with Crippen LogP contribution in [-0.4, -0.2) is 50.1 Å². The third kappa shape index (κ3) is 4.05. The Bertz CT molecular complexity index is 404. The molecule has 9 heteroatoms. The minimum atomic E-state index is -4.28. The summed E-state index contributed by atoms with van der Waals surface area (Å²) in [5, 5.41) is 0. The summed E-state index contributed by atoms with van der Waals surface area (Å²) in [4.78, 5) is 20.6. The van der Waals surface area contributed by atoms with E-state index in [1.807, 2.05) is 0 Å². The molecule has 0 aliphatic heterocycles. The van der Waals surface area contributed by atoms with Gasteiger partial charge in [0.2, 0.25) is 0 Å². The molecule has 0 saturated heterocycles. The lowest BCUT2D eigenvalue weighted by atomic mass is 10.3. The van der Waals surface area contributed by atoms with Crippen molar-refractivity contribution in [2.45, 2.75) is 25.1 Å². The van der Waals surface area contributed by atoms with E-state index >= 15 is 0 Å². The first-order valence-corrected chi connectivity index (χ1v) is 7.88.